The standard InChI is InChI=1S/C24H31N3O3/c1-4-15-27(16-5-2)24(29)19-7-9-20(10-8-19)25-18-23(28)26-21-11-13-22(14-12-21)30-17-6-3/h6-14,25H,3-5,15-18H2,1-2H3,(H,26,28). The first-order valence-electron chi connectivity index (χ1n) is 10.3. The molecule has 0 heterocycles. The summed E-state index contributed by atoms with van der Waals surface area (Å²) in [5, 5.41) is 5.91. The fourth-order valence-electron chi connectivity index (χ4n) is 2.95. The highest BCUT2D eigenvalue weighted by atomic mass is 16.5. The summed E-state index contributed by atoms with van der Waals surface area (Å²) in [6.07, 6.45) is 3.55. The van der Waals surface area contributed by atoms with Crippen LogP contribution in [0, 0.1) is 0 Å². The van der Waals surface area contributed by atoms with Crippen molar-refractivity contribution in [3.8, 4) is 5.75 Å². The van der Waals surface area contributed by atoms with Gasteiger partial charge in [0.2, 0.25) is 5.91 Å². The number of carbonyl (C=O) groups is 2. The predicted molar refractivity (Wildman–Crippen MR) is 122 cm³/mol. The molecule has 0 bridgehead atoms. The molecule has 0 saturated carbocycles. The van der Waals surface area contributed by atoms with Crippen molar-refractivity contribution in [2.24, 2.45) is 0 Å². The largest absolute Gasteiger partial charge is 0.490 e. The van der Waals surface area contributed by atoms with Gasteiger partial charge in [0, 0.05) is 30.0 Å². The average molecular weight is 410 g/mol. The Bertz CT molecular complexity index is 811. The number of benzene rings is 2. The van der Waals surface area contributed by atoms with Gasteiger partial charge in [-0.15, -0.1) is 0 Å². The molecule has 0 unspecified atom stereocenters. The first-order chi connectivity index (χ1) is 14.6. The summed E-state index contributed by atoms with van der Waals surface area (Å²) in [7, 11) is 0. The summed E-state index contributed by atoms with van der Waals surface area (Å²) in [6, 6.07) is 14.4. The molecule has 0 aliphatic heterocycles. The van der Waals surface area contributed by atoms with Crippen LogP contribution in [-0.2, 0) is 4.79 Å². The lowest BCUT2D eigenvalue weighted by Crippen LogP contribution is -2.32. The molecule has 0 spiro atoms. The molecule has 2 aromatic carbocycles. The molecule has 0 aliphatic carbocycles. The van der Waals surface area contributed by atoms with Crippen molar-refractivity contribution >= 4 is 23.2 Å². The van der Waals surface area contributed by atoms with Gasteiger partial charge in [-0.25, -0.2) is 0 Å². The molecule has 0 aromatic heterocycles. The molecular formula is C24H31N3O3. The monoisotopic (exact) mass is 409 g/mol. The minimum Gasteiger partial charge on any atom is -0.490 e. The van der Waals surface area contributed by atoms with Gasteiger partial charge in [-0.3, -0.25) is 9.59 Å². The molecule has 0 atom stereocenters. The summed E-state index contributed by atoms with van der Waals surface area (Å²) < 4.78 is 5.42. The number of amides is 2. The molecule has 30 heavy (non-hydrogen) atoms. The Morgan fingerprint density at radius 3 is 2.13 bits per heavy atom. The van der Waals surface area contributed by atoms with E-state index in [0.29, 0.717) is 17.9 Å². The summed E-state index contributed by atoms with van der Waals surface area (Å²) >= 11 is 0. The number of nitrogens with one attached hydrogen (secondary N) is 2. The van der Waals surface area contributed by atoms with Gasteiger partial charge in [-0.1, -0.05) is 26.5 Å². The van der Waals surface area contributed by atoms with Gasteiger partial charge in [0.05, 0.1) is 6.54 Å². The van der Waals surface area contributed by atoms with Crippen molar-refractivity contribution in [3.05, 3.63) is 66.7 Å². The van der Waals surface area contributed by atoms with E-state index in [1.54, 1.807) is 42.5 Å². The van der Waals surface area contributed by atoms with Crippen molar-refractivity contribution in [1.82, 2.24) is 4.90 Å². The van der Waals surface area contributed by atoms with E-state index in [9.17, 15) is 9.59 Å². The van der Waals surface area contributed by atoms with Crippen LogP contribution in [0.4, 0.5) is 11.4 Å². The molecular weight excluding hydrogens is 378 g/mol. The fraction of sp³-hybridized carbons (Fsp3) is 0.333. The molecule has 0 saturated heterocycles. The Labute approximate surface area is 178 Å². The Morgan fingerprint density at radius 2 is 1.57 bits per heavy atom. The molecule has 2 N–H and O–H groups in total. The quantitative estimate of drug-likeness (QED) is 0.504. The average Bonchev–Trinajstić information content (AvgIpc) is 2.77. The maximum absolute atomic E-state index is 12.6. The van der Waals surface area contributed by atoms with Gasteiger partial charge in [-0.2, -0.15) is 0 Å². The predicted octanol–water partition coefficient (Wildman–Crippen LogP) is 4.56. The maximum atomic E-state index is 12.6. The molecule has 2 amide bonds. The van der Waals surface area contributed by atoms with E-state index < -0.39 is 0 Å². The first kappa shape index (κ1) is 23.0. The van der Waals surface area contributed by atoms with Gasteiger partial charge in [0.25, 0.3) is 5.91 Å². The zero-order valence-electron chi connectivity index (χ0n) is 17.8. The van der Waals surface area contributed by atoms with E-state index >= 15 is 0 Å². The number of hydrogen-bond donors (Lipinski definition) is 2. The molecule has 2 aromatic rings. The third kappa shape index (κ3) is 7.28. The number of hydrogen-bond acceptors (Lipinski definition) is 4. The smallest absolute Gasteiger partial charge is 0.253 e. The van der Waals surface area contributed by atoms with Crippen molar-refractivity contribution in [2.45, 2.75) is 26.7 Å². The van der Waals surface area contributed by atoms with E-state index in [4.69, 9.17) is 4.74 Å². The molecule has 0 aliphatic rings. The van der Waals surface area contributed by atoms with Crippen molar-refractivity contribution < 1.29 is 14.3 Å². The number of ether oxygens (including phenoxy) is 1. The number of anilines is 2. The van der Waals surface area contributed by atoms with Gasteiger partial charge in [0.1, 0.15) is 12.4 Å². The highest BCUT2D eigenvalue weighted by molar-refractivity contribution is 5.95. The van der Waals surface area contributed by atoms with E-state index in [-0.39, 0.29) is 18.4 Å². The summed E-state index contributed by atoms with van der Waals surface area (Å²) in [5.74, 6) is 0.604. The van der Waals surface area contributed by atoms with Gasteiger partial charge < -0.3 is 20.3 Å². The normalized spacial score (nSPS) is 10.2. The zero-order valence-corrected chi connectivity index (χ0v) is 17.8. The second kappa shape index (κ2) is 12.3. The molecule has 0 fully saturated rings. The minimum atomic E-state index is -0.160. The second-order valence-electron chi connectivity index (χ2n) is 6.90. The number of carbonyl (C=O) groups excluding carboxylic acids is 2. The van der Waals surface area contributed by atoms with Crippen LogP contribution in [-0.4, -0.2) is 43.0 Å². The summed E-state index contributed by atoms with van der Waals surface area (Å²) in [6.45, 7) is 9.82. The molecule has 2 rings (SSSR count). The van der Waals surface area contributed by atoms with E-state index in [1.165, 1.54) is 0 Å². The van der Waals surface area contributed by atoms with Gasteiger partial charge in [-0.05, 0) is 61.4 Å². The van der Waals surface area contributed by atoms with Crippen LogP contribution in [0.15, 0.2) is 61.2 Å². The lowest BCUT2D eigenvalue weighted by Gasteiger charge is -2.21. The number of rotatable bonds is 12. The van der Waals surface area contributed by atoms with Crippen LogP contribution in [0.1, 0.15) is 37.0 Å². The highest BCUT2D eigenvalue weighted by Gasteiger charge is 2.14. The first-order valence-corrected chi connectivity index (χ1v) is 10.3. The van der Waals surface area contributed by atoms with E-state index in [1.807, 2.05) is 17.0 Å². The lowest BCUT2D eigenvalue weighted by atomic mass is 10.1. The van der Waals surface area contributed by atoms with Gasteiger partial charge in [0.15, 0.2) is 0 Å². The van der Waals surface area contributed by atoms with E-state index in [2.05, 4.69) is 31.1 Å². The van der Waals surface area contributed by atoms with Crippen LogP contribution in [0.2, 0.25) is 0 Å². The Kier molecular flexibility index (Phi) is 9.45. The summed E-state index contributed by atoms with van der Waals surface area (Å²) in [4.78, 5) is 26.7. The van der Waals surface area contributed by atoms with Gasteiger partial charge >= 0.3 is 0 Å². The Hall–Kier alpha value is -3.28. The zero-order chi connectivity index (χ0) is 21.8. The van der Waals surface area contributed by atoms with Crippen LogP contribution in [0.3, 0.4) is 0 Å². The fourth-order valence-corrected chi connectivity index (χ4v) is 2.95. The van der Waals surface area contributed by atoms with Crippen LogP contribution < -0.4 is 15.4 Å². The van der Waals surface area contributed by atoms with Crippen molar-refractivity contribution in [2.75, 3.05) is 36.9 Å². The molecule has 160 valence electrons. The highest BCUT2D eigenvalue weighted by Crippen LogP contribution is 2.16. The number of nitrogens with zero attached hydrogens (tertiary/aromatic N) is 1. The molecule has 0 radical (unpaired) electrons. The lowest BCUT2D eigenvalue weighted by molar-refractivity contribution is -0.114. The van der Waals surface area contributed by atoms with E-state index in [0.717, 1.165) is 37.4 Å². The SMILES string of the molecule is C=CCOc1ccc(NC(=O)CNc2ccc(C(=O)N(CCC)CCC)cc2)cc1. The van der Waals surface area contributed by atoms with Crippen molar-refractivity contribution in [1.29, 1.82) is 0 Å². The Morgan fingerprint density at radius 1 is 0.967 bits per heavy atom. The Balaban J connectivity index is 1.84. The van der Waals surface area contributed by atoms with Crippen LogP contribution in [0.25, 0.3) is 0 Å². The molecule has 6 heteroatoms. The third-order valence-electron chi connectivity index (χ3n) is 4.37. The summed E-state index contributed by atoms with van der Waals surface area (Å²) in [5.41, 5.74) is 2.14. The molecule has 6 nitrogen and oxygen atoms in total. The second-order valence-corrected chi connectivity index (χ2v) is 6.90. The van der Waals surface area contributed by atoms with Crippen molar-refractivity contribution in [3.63, 3.8) is 0 Å². The third-order valence-corrected chi connectivity index (χ3v) is 4.37. The van der Waals surface area contributed by atoms with Crippen LogP contribution in [0.5, 0.6) is 5.75 Å². The maximum Gasteiger partial charge on any atom is 0.253 e. The minimum absolute atomic E-state index is 0.0449. The topological polar surface area (TPSA) is 70.7 Å². The van der Waals surface area contributed by atoms with Crippen LogP contribution >= 0.6 is 0 Å².